The Morgan fingerprint density at radius 2 is 1.30 bits per heavy atom. The summed E-state index contributed by atoms with van der Waals surface area (Å²) in [7, 11) is 0. The fourth-order valence-corrected chi connectivity index (χ4v) is 4.93. The molecule has 0 amide bonds. The van der Waals surface area contributed by atoms with E-state index >= 15 is 0 Å². The summed E-state index contributed by atoms with van der Waals surface area (Å²) in [5.74, 6) is -0.0206. The molecule has 2 fully saturated rings. The van der Waals surface area contributed by atoms with Gasteiger partial charge < -0.3 is 10.2 Å². The average Bonchev–Trinajstić information content (AvgIpc) is 2.36. The van der Waals surface area contributed by atoms with Crippen LogP contribution in [-0.4, -0.2) is 36.9 Å². The predicted octanol–water partition coefficient (Wildman–Crippen LogP) is 3.47. The quantitative estimate of drug-likeness (QED) is 0.696. The molecule has 2 aliphatic rings. The largest absolute Gasteiger partial charge is 0.388 e. The van der Waals surface area contributed by atoms with Crippen LogP contribution in [0.4, 0.5) is 0 Å². The van der Waals surface area contributed by atoms with E-state index in [9.17, 15) is 15.0 Å². The summed E-state index contributed by atoms with van der Waals surface area (Å²) in [6, 6.07) is 0. The molecule has 0 aromatic rings. The highest BCUT2D eigenvalue weighted by atomic mass is 79.9. The maximum atomic E-state index is 12.3. The van der Waals surface area contributed by atoms with Gasteiger partial charge >= 0.3 is 0 Å². The van der Waals surface area contributed by atoms with Crippen LogP contribution in [0.1, 0.15) is 64.2 Å². The average molecular weight is 412 g/mol. The molecule has 20 heavy (non-hydrogen) atoms. The number of Topliss-reactive ketones (excluding diaryl/α,β-unsaturated/α-hetero) is 1. The van der Waals surface area contributed by atoms with Gasteiger partial charge in [0.05, 0.1) is 11.2 Å². The van der Waals surface area contributed by atoms with Gasteiger partial charge in [-0.05, 0) is 25.7 Å². The zero-order valence-electron chi connectivity index (χ0n) is 11.8. The van der Waals surface area contributed by atoms with Gasteiger partial charge in [-0.3, -0.25) is 4.79 Å². The van der Waals surface area contributed by atoms with Crippen molar-refractivity contribution in [2.45, 2.75) is 85.1 Å². The molecule has 5 heteroatoms. The smallest absolute Gasteiger partial charge is 0.138 e. The molecule has 0 aromatic carbocycles. The predicted molar refractivity (Wildman–Crippen MR) is 86.5 cm³/mol. The van der Waals surface area contributed by atoms with E-state index in [1.54, 1.807) is 0 Å². The molecule has 2 aliphatic carbocycles. The van der Waals surface area contributed by atoms with E-state index in [0.29, 0.717) is 12.8 Å². The van der Waals surface area contributed by atoms with Crippen LogP contribution < -0.4 is 0 Å². The Kier molecular flexibility index (Phi) is 5.72. The second kappa shape index (κ2) is 6.76. The highest BCUT2D eigenvalue weighted by molar-refractivity contribution is 9.09. The normalized spacial score (nSPS) is 42.4. The van der Waals surface area contributed by atoms with Crippen molar-refractivity contribution in [3.63, 3.8) is 0 Å². The Hall–Kier alpha value is 0.550. The highest BCUT2D eigenvalue weighted by Crippen LogP contribution is 2.40. The van der Waals surface area contributed by atoms with E-state index in [0.717, 1.165) is 38.5 Å². The zero-order chi connectivity index (χ0) is 14.8. The fraction of sp³-hybridized carbons (Fsp3) is 0.933. The lowest BCUT2D eigenvalue weighted by Gasteiger charge is -2.39. The number of aliphatic hydroxyl groups is 2. The lowest BCUT2D eigenvalue weighted by atomic mass is 9.77. The molecule has 0 spiro atoms. The van der Waals surface area contributed by atoms with Gasteiger partial charge in [0.25, 0.3) is 0 Å². The standard InChI is InChI=1S/C15H24Br2O3/c16-12-5-1-3-7-14(12,19)9-11(18)10-15(20)8-4-2-6-13(15)17/h12-13,19-20H,1-10H2. The Morgan fingerprint density at radius 1 is 0.900 bits per heavy atom. The number of hydrogen-bond acceptors (Lipinski definition) is 3. The molecule has 0 heterocycles. The van der Waals surface area contributed by atoms with Crippen molar-refractivity contribution in [1.82, 2.24) is 0 Å². The van der Waals surface area contributed by atoms with Crippen molar-refractivity contribution < 1.29 is 15.0 Å². The van der Waals surface area contributed by atoms with Gasteiger partial charge in [0, 0.05) is 22.5 Å². The van der Waals surface area contributed by atoms with Crippen LogP contribution in [0.2, 0.25) is 0 Å². The molecule has 116 valence electrons. The number of alkyl halides is 2. The number of carbonyl (C=O) groups is 1. The summed E-state index contributed by atoms with van der Waals surface area (Å²) >= 11 is 7.03. The minimum absolute atomic E-state index is 0.00605. The molecule has 2 N–H and O–H groups in total. The number of halogens is 2. The van der Waals surface area contributed by atoms with E-state index in [-0.39, 0.29) is 28.3 Å². The maximum Gasteiger partial charge on any atom is 0.138 e. The molecule has 3 nitrogen and oxygen atoms in total. The van der Waals surface area contributed by atoms with E-state index in [2.05, 4.69) is 31.9 Å². The van der Waals surface area contributed by atoms with Gasteiger partial charge in [-0.15, -0.1) is 0 Å². The number of ketones is 1. The Bertz CT molecular complexity index is 331. The van der Waals surface area contributed by atoms with Gasteiger partial charge in [0.2, 0.25) is 0 Å². The summed E-state index contributed by atoms with van der Waals surface area (Å²) in [5.41, 5.74) is -1.86. The third-order valence-corrected chi connectivity index (χ3v) is 7.43. The third-order valence-electron chi connectivity index (χ3n) is 4.81. The van der Waals surface area contributed by atoms with Crippen molar-refractivity contribution >= 4 is 37.6 Å². The second-order valence-corrected chi connectivity index (χ2v) is 8.74. The van der Waals surface area contributed by atoms with Gasteiger partial charge in [0.1, 0.15) is 5.78 Å². The van der Waals surface area contributed by atoms with Crippen molar-refractivity contribution in [3.05, 3.63) is 0 Å². The van der Waals surface area contributed by atoms with Crippen LogP contribution in [0.15, 0.2) is 0 Å². The van der Waals surface area contributed by atoms with Crippen molar-refractivity contribution in [2.24, 2.45) is 0 Å². The summed E-state index contributed by atoms with van der Waals surface area (Å²) in [6.45, 7) is 0. The van der Waals surface area contributed by atoms with Crippen LogP contribution in [0.25, 0.3) is 0 Å². The van der Waals surface area contributed by atoms with Crippen LogP contribution in [-0.2, 0) is 4.79 Å². The van der Waals surface area contributed by atoms with Crippen molar-refractivity contribution in [2.75, 3.05) is 0 Å². The Labute approximate surface area is 137 Å². The number of carbonyl (C=O) groups excluding carboxylic acids is 1. The van der Waals surface area contributed by atoms with E-state index in [1.807, 2.05) is 0 Å². The van der Waals surface area contributed by atoms with Gasteiger partial charge in [-0.1, -0.05) is 57.5 Å². The van der Waals surface area contributed by atoms with Crippen LogP contribution >= 0.6 is 31.9 Å². The molecule has 2 saturated carbocycles. The first-order valence-electron chi connectivity index (χ1n) is 7.60. The second-order valence-electron chi connectivity index (χ2n) is 6.53. The molecule has 2 rings (SSSR count). The lowest BCUT2D eigenvalue weighted by molar-refractivity contribution is -0.130. The SMILES string of the molecule is O=C(CC1(O)CCCCC1Br)CC1(O)CCCCC1Br. The van der Waals surface area contributed by atoms with Gasteiger partial charge in [-0.2, -0.15) is 0 Å². The van der Waals surface area contributed by atoms with E-state index in [4.69, 9.17) is 0 Å². The lowest BCUT2D eigenvalue weighted by Crippen LogP contribution is -2.47. The molecule has 4 atom stereocenters. The highest BCUT2D eigenvalue weighted by Gasteiger charge is 2.43. The summed E-state index contributed by atoms with van der Waals surface area (Å²) in [4.78, 5) is 12.3. The maximum absolute atomic E-state index is 12.3. The van der Waals surface area contributed by atoms with E-state index < -0.39 is 11.2 Å². The summed E-state index contributed by atoms with van der Waals surface area (Å²) in [6.07, 6.45) is 7.61. The molecule has 0 saturated heterocycles. The summed E-state index contributed by atoms with van der Waals surface area (Å²) in [5, 5.41) is 21.3. The van der Waals surface area contributed by atoms with Crippen LogP contribution in [0.5, 0.6) is 0 Å². The number of hydrogen-bond donors (Lipinski definition) is 2. The fourth-order valence-electron chi connectivity index (χ4n) is 3.50. The van der Waals surface area contributed by atoms with Gasteiger partial charge in [0.15, 0.2) is 0 Å². The number of rotatable bonds is 4. The molecular formula is C15H24Br2O3. The van der Waals surface area contributed by atoms with E-state index in [1.165, 1.54) is 0 Å². The minimum atomic E-state index is -0.928. The Balaban J connectivity index is 1.94. The van der Waals surface area contributed by atoms with Crippen molar-refractivity contribution in [3.8, 4) is 0 Å². The monoisotopic (exact) mass is 410 g/mol. The molecule has 4 unspecified atom stereocenters. The molecule has 0 bridgehead atoms. The third kappa shape index (κ3) is 3.84. The zero-order valence-corrected chi connectivity index (χ0v) is 15.0. The van der Waals surface area contributed by atoms with Gasteiger partial charge in [-0.25, -0.2) is 0 Å². The first-order chi connectivity index (χ1) is 9.36. The van der Waals surface area contributed by atoms with Crippen LogP contribution in [0, 0.1) is 0 Å². The molecule has 0 aliphatic heterocycles. The molecular weight excluding hydrogens is 388 g/mol. The summed E-state index contributed by atoms with van der Waals surface area (Å²) < 4.78 is 0. The van der Waals surface area contributed by atoms with Crippen LogP contribution in [0.3, 0.4) is 0 Å². The Morgan fingerprint density at radius 3 is 1.65 bits per heavy atom. The molecule has 0 aromatic heterocycles. The molecule has 0 radical (unpaired) electrons. The first-order valence-corrected chi connectivity index (χ1v) is 9.43. The topological polar surface area (TPSA) is 57.5 Å². The first kappa shape index (κ1) is 16.9. The minimum Gasteiger partial charge on any atom is -0.388 e. The van der Waals surface area contributed by atoms with Crippen molar-refractivity contribution in [1.29, 1.82) is 0 Å².